The molecule has 0 fully saturated rings. The summed E-state index contributed by atoms with van der Waals surface area (Å²) in [5.74, 6) is -0.139. The van der Waals surface area contributed by atoms with Gasteiger partial charge in [0.2, 0.25) is 0 Å². The van der Waals surface area contributed by atoms with Crippen molar-refractivity contribution in [1.82, 2.24) is 9.78 Å². The number of hydrogen-bond donors (Lipinski definition) is 1. The van der Waals surface area contributed by atoms with Gasteiger partial charge in [0.25, 0.3) is 5.91 Å². The molecule has 1 amide bonds. The Morgan fingerprint density at radius 3 is 2.44 bits per heavy atom. The van der Waals surface area contributed by atoms with Gasteiger partial charge in [-0.15, -0.1) is 0 Å². The Hall–Kier alpha value is -3.84. The standard InChI is InChI=1S/C24H19ClFN3O3/c1-31-21-11-8-15(12-22(21)32-2)18-14-29(17-6-4-3-5-7-17)28-23(18)24(30)27-20-10-9-16(25)13-19(20)26/h3-14H,1-2H3,(H,27,30). The number of para-hydroxylation sites is 1. The summed E-state index contributed by atoms with van der Waals surface area (Å²) >= 11 is 5.81. The van der Waals surface area contributed by atoms with Gasteiger partial charge in [-0.05, 0) is 48.0 Å². The van der Waals surface area contributed by atoms with Gasteiger partial charge in [-0.25, -0.2) is 9.07 Å². The van der Waals surface area contributed by atoms with E-state index in [1.165, 1.54) is 19.2 Å². The van der Waals surface area contributed by atoms with Crippen molar-refractivity contribution in [3.8, 4) is 28.3 Å². The lowest BCUT2D eigenvalue weighted by Crippen LogP contribution is -2.15. The third-order valence-corrected chi connectivity index (χ3v) is 5.06. The Morgan fingerprint density at radius 1 is 1.00 bits per heavy atom. The summed E-state index contributed by atoms with van der Waals surface area (Å²) in [6.07, 6.45) is 1.74. The highest BCUT2D eigenvalue weighted by atomic mass is 35.5. The molecule has 0 saturated carbocycles. The van der Waals surface area contributed by atoms with Crippen LogP contribution in [-0.2, 0) is 0 Å². The van der Waals surface area contributed by atoms with E-state index < -0.39 is 11.7 Å². The lowest BCUT2D eigenvalue weighted by molar-refractivity contribution is 0.102. The van der Waals surface area contributed by atoms with E-state index in [1.807, 2.05) is 30.3 Å². The van der Waals surface area contributed by atoms with Crippen molar-refractivity contribution < 1.29 is 18.7 Å². The van der Waals surface area contributed by atoms with Gasteiger partial charge in [0, 0.05) is 16.8 Å². The van der Waals surface area contributed by atoms with Crippen molar-refractivity contribution in [3.05, 3.63) is 89.5 Å². The number of benzene rings is 3. The molecule has 0 saturated heterocycles. The van der Waals surface area contributed by atoms with Crippen molar-refractivity contribution in [2.45, 2.75) is 0 Å². The molecule has 3 aromatic carbocycles. The van der Waals surface area contributed by atoms with E-state index in [0.717, 1.165) is 11.8 Å². The topological polar surface area (TPSA) is 65.4 Å². The van der Waals surface area contributed by atoms with Crippen molar-refractivity contribution in [2.75, 3.05) is 19.5 Å². The summed E-state index contributed by atoms with van der Waals surface area (Å²) in [7, 11) is 3.08. The van der Waals surface area contributed by atoms with Crippen LogP contribution in [-0.4, -0.2) is 29.9 Å². The number of anilines is 1. The fourth-order valence-electron chi connectivity index (χ4n) is 3.24. The number of nitrogens with zero attached hydrogens (tertiary/aromatic N) is 2. The summed E-state index contributed by atoms with van der Waals surface area (Å²) < 4.78 is 26.5. The molecule has 6 nitrogen and oxygen atoms in total. The van der Waals surface area contributed by atoms with Crippen LogP contribution in [0.4, 0.5) is 10.1 Å². The number of ether oxygens (including phenoxy) is 2. The van der Waals surface area contributed by atoms with Crippen molar-refractivity contribution in [1.29, 1.82) is 0 Å². The highest BCUT2D eigenvalue weighted by Gasteiger charge is 2.21. The van der Waals surface area contributed by atoms with E-state index in [0.29, 0.717) is 22.6 Å². The second-order valence-corrected chi connectivity index (χ2v) is 7.26. The van der Waals surface area contributed by atoms with Gasteiger partial charge in [0.15, 0.2) is 17.2 Å². The molecule has 0 aliphatic heterocycles. The summed E-state index contributed by atoms with van der Waals surface area (Å²) in [4.78, 5) is 13.1. The summed E-state index contributed by atoms with van der Waals surface area (Å²) in [6.45, 7) is 0. The Kier molecular flexibility index (Phi) is 6.09. The fourth-order valence-corrected chi connectivity index (χ4v) is 3.40. The van der Waals surface area contributed by atoms with Gasteiger partial charge in [0.05, 0.1) is 25.6 Å². The first-order valence-electron chi connectivity index (χ1n) is 9.64. The highest BCUT2D eigenvalue weighted by Crippen LogP contribution is 2.34. The first-order valence-corrected chi connectivity index (χ1v) is 10.0. The molecule has 4 aromatic rings. The molecular weight excluding hydrogens is 433 g/mol. The number of aromatic nitrogens is 2. The zero-order valence-electron chi connectivity index (χ0n) is 17.3. The zero-order valence-corrected chi connectivity index (χ0v) is 18.1. The summed E-state index contributed by atoms with van der Waals surface area (Å²) in [5.41, 5.74) is 2.13. The fraction of sp³-hybridized carbons (Fsp3) is 0.0833. The van der Waals surface area contributed by atoms with Crippen LogP contribution < -0.4 is 14.8 Å². The van der Waals surface area contributed by atoms with Gasteiger partial charge in [0.1, 0.15) is 5.82 Å². The number of rotatable bonds is 6. The number of halogens is 2. The molecule has 1 N–H and O–H groups in total. The minimum atomic E-state index is -0.638. The maximum absolute atomic E-state index is 14.2. The summed E-state index contributed by atoms with van der Waals surface area (Å²) in [5, 5.41) is 7.29. The average Bonchev–Trinajstić information content (AvgIpc) is 3.26. The van der Waals surface area contributed by atoms with Crippen LogP contribution in [0.1, 0.15) is 10.5 Å². The van der Waals surface area contributed by atoms with Crippen molar-refractivity contribution in [3.63, 3.8) is 0 Å². The Morgan fingerprint density at radius 2 is 1.75 bits per heavy atom. The van der Waals surface area contributed by atoms with Crippen LogP contribution in [0.5, 0.6) is 11.5 Å². The van der Waals surface area contributed by atoms with Crippen molar-refractivity contribution in [2.24, 2.45) is 0 Å². The molecular formula is C24H19ClFN3O3. The number of carbonyl (C=O) groups excluding carboxylic acids is 1. The second-order valence-electron chi connectivity index (χ2n) is 6.82. The Bertz CT molecular complexity index is 1270. The monoisotopic (exact) mass is 451 g/mol. The smallest absolute Gasteiger partial charge is 0.276 e. The minimum Gasteiger partial charge on any atom is -0.493 e. The summed E-state index contributed by atoms with van der Waals surface area (Å²) in [6, 6.07) is 18.7. The molecule has 0 bridgehead atoms. The van der Waals surface area contributed by atoms with E-state index in [4.69, 9.17) is 21.1 Å². The van der Waals surface area contributed by atoms with Gasteiger partial charge < -0.3 is 14.8 Å². The third kappa shape index (κ3) is 4.29. The normalized spacial score (nSPS) is 10.6. The van der Waals surface area contributed by atoms with Crippen molar-refractivity contribution >= 4 is 23.2 Å². The van der Waals surface area contributed by atoms with Crippen LogP contribution in [0.2, 0.25) is 5.02 Å². The van der Waals surface area contributed by atoms with Gasteiger partial charge >= 0.3 is 0 Å². The average molecular weight is 452 g/mol. The molecule has 0 atom stereocenters. The van der Waals surface area contributed by atoms with E-state index in [2.05, 4.69) is 10.4 Å². The second kappa shape index (κ2) is 9.11. The van der Waals surface area contributed by atoms with Crippen LogP contribution in [0, 0.1) is 5.82 Å². The molecule has 0 radical (unpaired) electrons. The molecule has 1 heterocycles. The number of carbonyl (C=O) groups is 1. The van der Waals surface area contributed by atoms with E-state index in [-0.39, 0.29) is 16.4 Å². The molecule has 0 aliphatic rings. The molecule has 0 unspecified atom stereocenters. The predicted octanol–water partition coefficient (Wildman–Crippen LogP) is 5.60. The first-order chi connectivity index (χ1) is 15.5. The number of hydrogen-bond acceptors (Lipinski definition) is 4. The maximum atomic E-state index is 14.2. The quantitative estimate of drug-likeness (QED) is 0.414. The highest BCUT2D eigenvalue weighted by molar-refractivity contribution is 6.30. The van der Waals surface area contributed by atoms with Crippen LogP contribution in [0.3, 0.4) is 0 Å². The lowest BCUT2D eigenvalue weighted by Gasteiger charge is -2.10. The minimum absolute atomic E-state index is 0.00641. The molecule has 0 aliphatic carbocycles. The first kappa shape index (κ1) is 21.4. The molecule has 8 heteroatoms. The van der Waals surface area contributed by atoms with Crippen LogP contribution in [0.25, 0.3) is 16.8 Å². The van der Waals surface area contributed by atoms with Crippen LogP contribution >= 0.6 is 11.6 Å². The third-order valence-electron chi connectivity index (χ3n) is 4.82. The number of nitrogens with one attached hydrogen (secondary N) is 1. The van der Waals surface area contributed by atoms with E-state index in [9.17, 15) is 9.18 Å². The van der Waals surface area contributed by atoms with Gasteiger partial charge in [-0.3, -0.25) is 4.79 Å². The molecule has 162 valence electrons. The Labute approximate surface area is 189 Å². The van der Waals surface area contributed by atoms with Gasteiger partial charge in [-0.1, -0.05) is 35.9 Å². The lowest BCUT2D eigenvalue weighted by atomic mass is 10.1. The molecule has 32 heavy (non-hydrogen) atoms. The predicted molar refractivity (Wildman–Crippen MR) is 121 cm³/mol. The molecule has 0 spiro atoms. The number of methoxy groups -OCH3 is 2. The zero-order chi connectivity index (χ0) is 22.7. The molecule has 4 rings (SSSR count). The SMILES string of the molecule is COc1ccc(-c2cn(-c3ccccc3)nc2C(=O)Nc2ccc(Cl)cc2F)cc1OC. The Balaban J connectivity index is 1.80. The number of amides is 1. The van der Waals surface area contributed by atoms with E-state index >= 15 is 0 Å². The van der Waals surface area contributed by atoms with E-state index in [1.54, 1.807) is 36.2 Å². The largest absolute Gasteiger partial charge is 0.493 e. The van der Waals surface area contributed by atoms with Gasteiger partial charge in [-0.2, -0.15) is 5.10 Å². The maximum Gasteiger partial charge on any atom is 0.276 e. The van der Waals surface area contributed by atoms with Crippen LogP contribution in [0.15, 0.2) is 72.9 Å². The molecule has 1 aromatic heterocycles.